The van der Waals surface area contributed by atoms with Crippen molar-refractivity contribution in [3.63, 3.8) is 0 Å². The van der Waals surface area contributed by atoms with Crippen LogP contribution in [0.5, 0.6) is 0 Å². The number of thioether (sulfide) groups is 1. The van der Waals surface area contributed by atoms with E-state index >= 15 is 0 Å². The Labute approximate surface area is 123 Å². The molecular formula is C15H18ClNOS. The molecule has 1 aromatic rings. The average Bonchev–Trinajstić information content (AvgIpc) is 2.85. The Morgan fingerprint density at radius 1 is 1.42 bits per heavy atom. The number of nitrogens with zero attached hydrogens (tertiary/aromatic N) is 1. The normalized spacial score (nSPS) is 30.2. The van der Waals surface area contributed by atoms with Crippen LogP contribution in [0, 0.1) is 5.92 Å². The van der Waals surface area contributed by atoms with E-state index in [9.17, 15) is 4.79 Å². The summed E-state index contributed by atoms with van der Waals surface area (Å²) in [5, 5.41) is 0.0991. The summed E-state index contributed by atoms with van der Waals surface area (Å²) in [4.78, 5) is 15.9. The molecule has 0 bridgehead atoms. The maximum atomic E-state index is 12.7. The zero-order valence-electron chi connectivity index (χ0n) is 11.0. The van der Waals surface area contributed by atoms with Gasteiger partial charge in [-0.25, -0.2) is 0 Å². The van der Waals surface area contributed by atoms with Crippen LogP contribution in [0.15, 0.2) is 29.2 Å². The summed E-state index contributed by atoms with van der Waals surface area (Å²) < 4.78 is 0. The van der Waals surface area contributed by atoms with Crippen molar-refractivity contribution in [1.29, 1.82) is 0 Å². The number of piperidine rings is 1. The molecule has 0 spiro atoms. The Kier molecular flexibility index (Phi) is 3.77. The van der Waals surface area contributed by atoms with E-state index in [0.717, 1.165) is 18.7 Å². The number of likely N-dealkylation sites (tertiary alicyclic amines) is 1. The van der Waals surface area contributed by atoms with Crippen LogP contribution >= 0.6 is 23.4 Å². The topological polar surface area (TPSA) is 20.3 Å². The van der Waals surface area contributed by atoms with Gasteiger partial charge in [-0.1, -0.05) is 25.1 Å². The van der Waals surface area contributed by atoms with E-state index < -0.39 is 0 Å². The number of hydrogen-bond acceptors (Lipinski definition) is 2. The Balaban J connectivity index is 1.75. The molecule has 2 heterocycles. The number of alkyl halides is 1. The van der Waals surface area contributed by atoms with E-state index in [-0.39, 0.29) is 17.2 Å². The first kappa shape index (κ1) is 13.3. The third-order valence-corrected chi connectivity index (χ3v) is 5.93. The van der Waals surface area contributed by atoms with E-state index in [1.54, 1.807) is 11.8 Å². The van der Waals surface area contributed by atoms with Gasteiger partial charge in [0.2, 0.25) is 5.91 Å². The van der Waals surface area contributed by atoms with Crippen LogP contribution in [0.3, 0.4) is 0 Å². The quantitative estimate of drug-likeness (QED) is 0.741. The molecule has 0 aromatic heterocycles. The fraction of sp³-hybridized carbons (Fsp3) is 0.533. The SMILES string of the molecule is CC1CCN(C(=O)C2CSc3ccccc32)CC1Cl. The van der Waals surface area contributed by atoms with E-state index in [1.807, 2.05) is 17.0 Å². The Morgan fingerprint density at radius 3 is 3.00 bits per heavy atom. The van der Waals surface area contributed by atoms with Gasteiger partial charge in [0.05, 0.1) is 11.3 Å². The number of amides is 1. The van der Waals surface area contributed by atoms with E-state index in [2.05, 4.69) is 19.1 Å². The highest BCUT2D eigenvalue weighted by Crippen LogP contribution is 2.40. The number of carbonyl (C=O) groups is 1. The molecule has 3 rings (SSSR count). The predicted octanol–water partition coefficient (Wildman–Crippen LogP) is 3.35. The van der Waals surface area contributed by atoms with Gasteiger partial charge in [-0.3, -0.25) is 4.79 Å². The van der Waals surface area contributed by atoms with Crippen LogP contribution in [-0.4, -0.2) is 35.0 Å². The van der Waals surface area contributed by atoms with Gasteiger partial charge in [-0.15, -0.1) is 23.4 Å². The molecule has 1 saturated heterocycles. The van der Waals surface area contributed by atoms with Crippen molar-refractivity contribution in [2.75, 3.05) is 18.8 Å². The molecule has 3 atom stereocenters. The number of halogens is 1. The van der Waals surface area contributed by atoms with Gasteiger partial charge in [0.1, 0.15) is 0 Å². The largest absolute Gasteiger partial charge is 0.341 e. The lowest BCUT2D eigenvalue weighted by Crippen LogP contribution is -2.45. The van der Waals surface area contributed by atoms with Gasteiger partial charge in [-0.2, -0.15) is 0 Å². The summed E-state index contributed by atoms with van der Waals surface area (Å²) in [5.41, 5.74) is 1.20. The van der Waals surface area contributed by atoms with Crippen molar-refractivity contribution in [2.45, 2.75) is 29.5 Å². The second-order valence-electron chi connectivity index (χ2n) is 5.47. The molecule has 2 aliphatic rings. The Hall–Kier alpha value is -0.670. The van der Waals surface area contributed by atoms with Gasteiger partial charge in [0.25, 0.3) is 0 Å². The maximum absolute atomic E-state index is 12.7. The first-order valence-electron chi connectivity index (χ1n) is 6.81. The number of fused-ring (bicyclic) bond motifs is 1. The van der Waals surface area contributed by atoms with Gasteiger partial charge < -0.3 is 4.90 Å². The Bertz CT molecular complexity index is 493. The fourth-order valence-corrected chi connectivity index (χ4v) is 4.32. The Morgan fingerprint density at radius 2 is 2.21 bits per heavy atom. The summed E-state index contributed by atoms with van der Waals surface area (Å²) in [7, 11) is 0. The van der Waals surface area contributed by atoms with Crippen LogP contribution in [0.1, 0.15) is 24.8 Å². The minimum absolute atomic E-state index is 0.0264. The van der Waals surface area contributed by atoms with Crippen LogP contribution in [0.25, 0.3) is 0 Å². The highest BCUT2D eigenvalue weighted by atomic mass is 35.5. The fourth-order valence-electron chi connectivity index (χ4n) is 2.81. The summed E-state index contributed by atoms with van der Waals surface area (Å²) >= 11 is 8.10. The third-order valence-electron chi connectivity index (χ3n) is 4.18. The lowest BCUT2D eigenvalue weighted by Gasteiger charge is -2.35. The van der Waals surface area contributed by atoms with Crippen LogP contribution < -0.4 is 0 Å². The molecule has 1 fully saturated rings. The van der Waals surface area contributed by atoms with E-state index in [0.29, 0.717) is 12.5 Å². The number of benzene rings is 1. The zero-order valence-corrected chi connectivity index (χ0v) is 12.6. The molecular weight excluding hydrogens is 278 g/mol. The van der Waals surface area contributed by atoms with E-state index in [4.69, 9.17) is 11.6 Å². The van der Waals surface area contributed by atoms with Crippen LogP contribution in [0.2, 0.25) is 0 Å². The molecule has 102 valence electrons. The molecule has 1 amide bonds. The van der Waals surface area contributed by atoms with Crippen molar-refractivity contribution in [1.82, 2.24) is 4.90 Å². The standard InChI is InChI=1S/C15H18ClNOS/c1-10-6-7-17(8-13(10)16)15(18)12-9-19-14-5-3-2-4-11(12)14/h2-5,10,12-13H,6-9H2,1H3. The first-order chi connectivity index (χ1) is 9.16. The molecule has 4 heteroatoms. The third kappa shape index (κ3) is 2.50. The lowest BCUT2D eigenvalue weighted by atomic mass is 9.95. The molecule has 2 aliphatic heterocycles. The molecule has 0 aliphatic carbocycles. The minimum Gasteiger partial charge on any atom is -0.341 e. The summed E-state index contributed by atoms with van der Waals surface area (Å²) in [5.74, 6) is 1.67. The smallest absolute Gasteiger partial charge is 0.231 e. The minimum atomic E-state index is 0.0264. The highest BCUT2D eigenvalue weighted by molar-refractivity contribution is 7.99. The van der Waals surface area contributed by atoms with Crippen molar-refractivity contribution >= 4 is 29.3 Å². The molecule has 0 radical (unpaired) electrons. The predicted molar refractivity (Wildman–Crippen MR) is 79.9 cm³/mol. The zero-order chi connectivity index (χ0) is 13.4. The number of rotatable bonds is 1. The van der Waals surface area contributed by atoms with E-state index in [1.165, 1.54) is 10.5 Å². The summed E-state index contributed by atoms with van der Waals surface area (Å²) in [6.07, 6.45) is 1.02. The monoisotopic (exact) mass is 295 g/mol. The van der Waals surface area contributed by atoms with Gasteiger partial charge in [0.15, 0.2) is 0 Å². The maximum Gasteiger partial charge on any atom is 0.231 e. The molecule has 0 N–H and O–H groups in total. The number of carbonyl (C=O) groups excluding carboxylic acids is 1. The molecule has 0 saturated carbocycles. The lowest BCUT2D eigenvalue weighted by molar-refractivity contribution is -0.133. The molecule has 3 unspecified atom stereocenters. The second kappa shape index (κ2) is 5.37. The summed E-state index contributed by atoms with van der Waals surface area (Å²) in [6, 6.07) is 8.25. The van der Waals surface area contributed by atoms with Crippen LogP contribution in [-0.2, 0) is 4.79 Å². The molecule has 19 heavy (non-hydrogen) atoms. The summed E-state index contributed by atoms with van der Waals surface area (Å²) in [6.45, 7) is 3.72. The molecule has 1 aromatic carbocycles. The van der Waals surface area contributed by atoms with Gasteiger partial charge in [0, 0.05) is 23.7 Å². The van der Waals surface area contributed by atoms with Gasteiger partial charge in [-0.05, 0) is 24.0 Å². The highest BCUT2D eigenvalue weighted by Gasteiger charge is 2.35. The first-order valence-corrected chi connectivity index (χ1v) is 8.23. The van der Waals surface area contributed by atoms with Gasteiger partial charge >= 0.3 is 0 Å². The average molecular weight is 296 g/mol. The van der Waals surface area contributed by atoms with Crippen molar-refractivity contribution in [2.24, 2.45) is 5.92 Å². The van der Waals surface area contributed by atoms with Crippen molar-refractivity contribution in [3.05, 3.63) is 29.8 Å². The second-order valence-corrected chi connectivity index (χ2v) is 7.09. The molecule has 2 nitrogen and oxygen atoms in total. The van der Waals surface area contributed by atoms with Crippen LogP contribution in [0.4, 0.5) is 0 Å². The van der Waals surface area contributed by atoms with Crippen molar-refractivity contribution < 1.29 is 4.79 Å². The van der Waals surface area contributed by atoms with Crippen molar-refractivity contribution in [3.8, 4) is 0 Å². The number of hydrogen-bond donors (Lipinski definition) is 0.